The Morgan fingerprint density at radius 1 is 1.42 bits per heavy atom. The monoisotopic (exact) mass is 270 g/mol. The van der Waals surface area contributed by atoms with Crippen molar-refractivity contribution in [2.45, 2.75) is 32.2 Å². The van der Waals surface area contributed by atoms with E-state index in [1.54, 1.807) is 18.9 Å². The molecule has 0 radical (unpaired) electrons. The van der Waals surface area contributed by atoms with Gasteiger partial charge in [0.05, 0.1) is 12.6 Å². The Morgan fingerprint density at radius 3 is 2.84 bits per heavy atom. The van der Waals surface area contributed by atoms with Crippen LogP contribution in [0.2, 0.25) is 0 Å². The Hall–Kier alpha value is -1.63. The van der Waals surface area contributed by atoms with E-state index in [1.807, 2.05) is 0 Å². The summed E-state index contributed by atoms with van der Waals surface area (Å²) in [5.74, 6) is -0.462. The first-order valence-electron chi connectivity index (χ1n) is 6.60. The van der Waals surface area contributed by atoms with Crippen molar-refractivity contribution in [1.82, 2.24) is 20.9 Å². The quantitative estimate of drug-likeness (QED) is 0.638. The molecule has 1 aliphatic heterocycles. The van der Waals surface area contributed by atoms with Gasteiger partial charge in [-0.3, -0.25) is 19.8 Å². The molecule has 19 heavy (non-hydrogen) atoms. The van der Waals surface area contributed by atoms with E-state index < -0.39 is 11.9 Å². The smallest absolute Gasteiger partial charge is 0.321 e. The highest BCUT2D eigenvalue weighted by Gasteiger charge is 2.26. The number of urea groups is 1. The van der Waals surface area contributed by atoms with Crippen molar-refractivity contribution in [1.29, 1.82) is 0 Å². The van der Waals surface area contributed by atoms with Crippen LogP contribution in [0.15, 0.2) is 0 Å². The summed E-state index contributed by atoms with van der Waals surface area (Å²) in [7, 11) is 1.72. The molecule has 0 spiro atoms. The highest BCUT2D eigenvalue weighted by Crippen LogP contribution is 2.10. The second kappa shape index (κ2) is 7.73. The molecular formula is C12H22N4O3. The molecule has 1 saturated heterocycles. The van der Waals surface area contributed by atoms with Crippen LogP contribution in [0.4, 0.5) is 4.79 Å². The molecule has 0 aromatic rings. The molecule has 1 atom stereocenters. The number of rotatable bonds is 4. The minimum atomic E-state index is -0.508. The van der Waals surface area contributed by atoms with Gasteiger partial charge in [-0.2, -0.15) is 0 Å². The zero-order valence-electron chi connectivity index (χ0n) is 11.5. The molecule has 7 nitrogen and oxygen atoms in total. The van der Waals surface area contributed by atoms with Gasteiger partial charge in [-0.25, -0.2) is 4.79 Å². The summed E-state index contributed by atoms with van der Waals surface area (Å²) in [4.78, 5) is 36.3. The van der Waals surface area contributed by atoms with E-state index in [9.17, 15) is 14.4 Å². The first-order valence-corrected chi connectivity index (χ1v) is 6.60. The summed E-state index contributed by atoms with van der Waals surface area (Å²) in [6, 6.07) is -0.811. The van der Waals surface area contributed by atoms with Gasteiger partial charge in [0.2, 0.25) is 11.8 Å². The van der Waals surface area contributed by atoms with E-state index >= 15 is 0 Å². The summed E-state index contributed by atoms with van der Waals surface area (Å²) in [6.07, 6.45) is 2.64. The third-order valence-corrected chi connectivity index (χ3v) is 3.02. The SMILES string of the molecule is CCNC(=O)NC(=O)CN(C)C1CCCCNC1=O. The number of imide groups is 1. The van der Waals surface area contributed by atoms with Crippen molar-refractivity contribution in [3.8, 4) is 0 Å². The Bertz CT molecular complexity index is 346. The maximum Gasteiger partial charge on any atom is 0.321 e. The normalized spacial score (nSPS) is 19.5. The first kappa shape index (κ1) is 15.4. The Morgan fingerprint density at radius 2 is 2.16 bits per heavy atom. The van der Waals surface area contributed by atoms with Gasteiger partial charge in [-0.1, -0.05) is 0 Å². The van der Waals surface area contributed by atoms with Crippen molar-refractivity contribution >= 4 is 17.8 Å². The van der Waals surface area contributed by atoms with Gasteiger partial charge >= 0.3 is 6.03 Å². The maximum atomic E-state index is 11.8. The lowest BCUT2D eigenvalue weighted by Crippen LogP contribution is -2.49. The van der Waals surface area contributed by atoms with Gasteiger partial charge in [0.1, 0.15) is 0 Å². The van der Waals surface area contributed by atoms with Crippen LogP contribution >= 0.6 is 0 Å². The average Bonchev–Trinajstić information content (AvgIpc) is 2.53. The zero-order valence-corrected chi connectivity index (χ0v) is 11.5. The number of hydrogen-bond acceptors (Lipinski definition) is 4. The maximum absolute atomic E-state index is 11.8. The lowest BCUT2D eigenvalue weighted by atomic mass is 10.1. The standard InChI is InChI=1S/C12H22N4O3/c1-3-13-12(19)15-10(17)8-16(2)9-6-4-5-7-14-11(9)18/h9H,3-8H2,1-2H3,(H,14,18)(H2,13,15,17,19). The highest BCUT2D eigenvalue weighted by atomic mass is 16.2. The summed E-state index contributed by atoms with van der Waals surface area (Å²) >= 11 is 0. The number of hydrogen-bond donors (Lipinski definition) is 3. The molecule has 7 heteroatoms. The lowest BCUT2D eigenvalue weighted by Gasteiger charge is -2.24. The number of carbonyl (C=O) groups excluding carboxylic acids is 3. The molecule has 1 rings (SSSR count). The van der Waals surface area contributed by atoms with E-state index in [0.717, 1.165) is 19.3 Å². The Balaban J connectivity index is 2.44. The number of nitrogens with zero attached hydrogens (tertiary/aromatic N) is 1. The molecule has 1 unspecified atom stereocenters. The fraction of sp³-hybridized carbons (Fsp3) is 0.750. The molecule has 0 aromatic heterocycles. The van der Waals surface area contributed by atoms with Crippen LogP contribution < -0.4 is 16.0 Å². The fourth-order valence-corrected chi connectivity index (χ4v) is 2.05. The predicted octanol–water partition coefficient (Wildman–Crippen LogP) is -0.567. The van der Waals surface area contributed by atoms with E-state index in [4.69, 9.17) is 0 Å². The number of nitrogens with one attached hydrogen (secondary N) is 3. The summed E-state index contributed by atoms with van der Waals surface area (Å²) in [5, 5.41) is 7.52. The molecule has 108 valence electrons. The van der Waals surface area contributed by atoms with Gasteiger partial charge < -0.3 is 10.6 Å². The van der Waals surface area contributed by atoms with Crippen LogP contribution in [-0.4, -0.2) is 55.5 Å². The molecule has 1 aliphatic rings. The van der Waals surface area contributed by atoms with Gasteiger partial charge in [0.25, 0.3) is 0 Å². The van der Waals surface area contributed by atoms with Crippen molar-refractivity contribution in [2.24, 2.45) is 0 Å². The topological polar surface area (TPSA) is 90.5 Å². The Labute approximate surface area is 113 Å². The molecule has 0 bridgehead atoms. The van der Waals surface area contributed by atoms with E-state index in [1.165, 1.54) is 0 Å². The summed E-state index contributed by atoms with van der Waals surface area (Å²) in [6.45, 7) is 2.94. The summed E-state index contributed by atoms with van der Waals surface area (Å²) in [5.41, 5.74) is 0. The van der Waals surface area contributed by atoms with Crippen molar-refractivity contribution in [3.63, 3.8) is 0 Å². The molecule has 1 heterocycles. The minimum Gasteiger partial charge on any atom is -0.355 e. The number of amides is 4. The van der Waals surface area contributed by atoms with E-state index in [-0.39, 0.29) is 18.5 Å². The largest absolute Gasteiger partial charge is 0.355 e. The Kier molecular flexibility index (Phi) is 6.27. The van der Waals surface area contributed by atoms with Crippen LogP contribution in [0.1, 0.15) is 26.2 Å². The van der Waals surface area contributed by atoms with E-state index in [0.29, 0.717) is 13.1 Å². The minimum absolute atomic E-state index is 0.0230. The molecule has 4 amide bonds. The van der Waals surface area contributed by atoms with Gasteiger partial charge in [-0.15, -0.1) is 0 Å². The molecule has 0 aliphatic carbocycles. The van der Waals surface area contributed by atoms with Crippen LogP contribution in [0.25, 0.3) is 0 Å². The average molecular weight is 270 g/mol. The van der Waals surface area contributed by atoms with Crippen molar-refractivity contribution in [2.75, 3.05) is 26.7 Å². The second-order valence-electron chi connectivity index (χ2n) is 4.63. The molecule has 0 saturated carbocycles. The molecular weight excluding hydrogens is 248 g/mol. The van der Waals surface area contributed by atoms with E-state index in [2.05, 4.69) is 16.0 Å². The highest BCUT2D eigenvalue weighted by molar-refractivity contribution is 5.95. The van der Waals surface area contributed by atoms with Crippen LogP contribution in [0.5, 0.6) is 0 Å². The molecule has 0 aromatic carbocycles. The number of carbonyl (C=O) groups is 3. The summed E-state index contributed by atoms with van der Waals surface area (Å²) < 4.78 is 0. The predicted molar refractivity (Wildman–Crippen MR) is 70.5 cm³/mol. The third kappa shape index (κ3) is 5.25. The van der Waals surface area contributed by atoms with Gasteiger partial charge in [0, 0.05) is 13.1 Å². The molecule has 1 fully saturated rings. The molecule has 3 N–H and O–H groups in total. The van der Waals surface area contributed by atoms with Gasteiger partial charge in [-0.05, 0) is 33.2 Å². The second-order valence-corrected chi connectivity index (χ2v) is 4.63. The van der Waals surface area contributed by atoms with Gasteiger partial charge in [0.15, 0.2) is 0 Å². The zero-order chi connectivity index (χ0) is 14.3. The fourth-order valence-electron chi connectivity index (χ4n) is 2.05. The van der Waals surface area contributed by atoms with Crippen LogP contribution in [0.3, 0.4) is 0 Å². The van der Waals surface area contributed by atoms with Crippen LogP contribution in [-0.2, 0) is 9.59 Å². The van der Waals surface area contributed by atoms with Crippen LogP contribution in [0, 0.1) is 0 Å². The first-order chi connectivity index (χ1) is 9.04. The number of likely N-dealkylation sites (N-methyl/N-ethyl adjacent to an activating group) is 1. The third-order valence-electron chi connectivity index (χ3n) is 3.02. The van der Waals surface area contributed by atoms with Crippen molar-refractivity contribution < 1.29 is 14.4 Å². The lowest BCUT2D eigenvalue weighted by molar-refractivity contribution is -0.127. The van der Waals surface area contributed by atoms with Crippen molar-refractivity contribution in [3.05, 3.63) is 0 Å².